The molecule has 0 aliphatic heterocycles. The standard InChI is InChI=1S/C9H13F3O3/c1-3-5-6(8(14)15-4-2)7(13)9(10,11)12/h6H,3-5H2,1-2H3/t6-/m1/s1. The van der Waals surface area contributed by atoms with Crippen molar-refractivity contribution in [3.63, 3.8) is 0 Å². The molecular weight excluding hydrogens is 213 g/mol. The minimum atomic E-state index is -4.98. The lowest BCUT2D eigenvalue weighted by Crippen LogP contribution is -2.36. The molecule has 0 N–H and O–H groups in total. The van der Waals surface area contributed by atoms with Crippen LogP contribution in [-0.4, -0.2) is 24.5 Å². The first-order valence-corrected chi connectivity index (χ1v) is 4.62. The number of hydrogen-bond donors (Lipinski definition) is 0. The Morgan fingerprint density at radius 1 is 1.27 bits per heavy atom. The van der Waals surface area contributed by atoms with Crippen molar-refractivity contribution >= 4 is 11.8 Å². The lowest BCUT2D eigenvalue weighted by molar-refractivity contribution is -0.181. The molecule has 15 heavy (non-hydrogen) atoms. The molecule has 0 saturated carbocycles. The van der Waals surface area contributed by atoms with Gasteiger partial charge in [0.15, 0.2) is 0 Å². The lowest BCUT2D eigenvalue weighted by Gasteiger charge is -2.14. The van der Waals surface area contributed by atoms with Crippen LogP contribution in [-0.2, 0) is 14.3 Å². The highest BCUT2D eigenvalue weighted by atomic mass is 19.4. The predicted molar refractivity (Wildman–Crippen MR) is 46.1 cm³/mol. The van der Waals surface area contributed by atoms with Crippen molar-refractivity contribution in [2.75, 3.05) is 6.61 Å². The molecule has 1 atom stereocenters. The fourth-order valence-electron chi connectivity index (χ4n) is 1.09. The Hall–Kier alpha value is -1.07. The van der Waals surface area contributed by atoms with E-state index in [0.29, 0.717) is 6.42 Å². The molecule has 0 aliphatic carbocycles. The van der Waals surface area contributed by atoms with E-state index in [1.54, 1.807) is 6.92 Å². The van der Waals surface area contributed by atoms with E-state index in [2.05, 4.69) is 4.74 Å². The minimum Gasteiger partial charge on any atom is -0.465 e. The second-order valence-electron chi connectivity index (χ2n) is 2.96. The van der Waals surface area contributed by atoms with Crippen molar-refractivity contribution in [2.24, 2.45) is 5.92 Å². The van der Waals surface area contributed by atoms with Crippen molar-refractivity contribution in [2.45, 2.75) is 32.9 Å². The number of ketones is 1. The van der Waals surface area contributed by atoms with Gasteiger partial charge in [-0.15, -0.1) is 0 Å². The van der Waals surface area contributed by atoms with Crippen molar-refractivity contribution in [1.82, 2.24) is 0 Å². The van der Waals surface area contributed by atoms with E-state index in [1.165, 1.54) is 6.92 Å². The second-order valence-corrected chi connectivity index (χ2v) is 2.96. The number of halogens is 3. The molecule has 0 aromatic rings. The predicted octanol–water partition coefficient (Wildman–Crippen LogP) is 2.10. The molecule has 0 aromatic heterocycles. The SMILES string of the molecule is CCC[C@@H](C(=O)OCC)C(=O)C(F)(F)F. The van der Waals surface area contributed by atoms with Crippen LogP contribution in [0.5, 0.6) is 0 Å². The van der Waals surface area contributed by atoms with Crippen molar-refractivity contribution in [3.8, 4) is 0 Å². The van der Waals surface area contributed by atoms with Gasteiger partial charge in [-0.25, -0.2) is 0 Å². The molecule has 0 amide bonds. The molecule has 0 unspecified atom stereocenters. The topological polar surface area (TPSA) is 43.4 Å². The van der Waals surface area contributed by atoms with Gasteiger partial charge in [-0.05, 0) is 13.3 Å². The quantitative estimate of drug-likeness (QED) is 0.532. The maximum absolute atomic E-state index is 12.1. The first-order valence-electron chi connectivity index (χ1n) is 4.62. The van der Waals surface area contributed by atoms with E-state index in [0.717, 1.165) is 0 Å². The Balaban J connectivity index is 4.66. The number of carbonyl (C=O) groups is 2. The molecule has 0 fully saturated rings. The van der Waals surface area contributed by atoms with Gasteiger partial charge in [0.1, 0.15) is 5.92 Å². The third-order valence-electron chi connectivity index (χ3n) is 1.74. The molecule has 0 spiro atoms. The molecule has 0 saturated heterocycles. The third-order valence-corrected chi connectivity index (χ3v) is 1.74. The summed E-state index contributed by atoms with van der Waals surface area (Å²) >= 11 is 0. The molecule has 0 radical (unpaired) electrons. The Morgan fingerprint density at radius 2 is 1.80 bits per heavy atom. The van der Waals surface area contributed by atoms with Gasteiger partial charge in [0.05, 0.1) is 6.61 Å². The highest BCUT2D eigenvalue weighted by Gasteiger charge is 2.46. The summed E-state index contributed by atoms with van der Waals surface area (Å²) in [6.45, 7) is 3.03. The number of Topliss-reactive ketones (excluding diaryl/α,β-unsaturated/α-hetero) is 1. The van der Waals surface area contributed by atoms with Gasteiger partial charge in [-0.2, -0.15) is 13.2 Å². The Labute approximate surface area is 85.6 Å². The first-order chi connectivity index (χ1) is 6.84. The number of rotatable bonds is 5. The lowest BCUT2D eigenvalue weighted by atomic mass is 9.98. The number of hydrogen-bond acceptors (Lipinski definition) is 3. The molecule has 3 nitrogen and oxygen atoms in total. The second kappa shape index (κ2) is 5.72. The van der Waals surface area contributed by atoms with E-state index in [9.17, 15) is 22.8 Å². The maximum atomic E-state index is 12.1. The van der Waals surface area contributed by atoms with Crippen LogP contribution in [0, 0.1) is 5.92 Å². The smallest absolute Gasteiger partial charge is 0.450 e. The van der Waals surface area contributed by atoms with Gasteiger partial charge in [0.2, 0.25) is 5.78 Å². The summed E-state index contributed by atoms with van der Waals surface area (Å²) in [6.07, 6.45) is -4.81. The van der Waals surface area contributed by atoms with Crippen LogP contribution in [0.2, 0.25) is 0 Å². The molecule has 0 aromatic carbocycles. The van der Waals surface area contributed by atoms with Crippen LogP contribution in [0.25, 0.3) is 0 Å². The van der Waals surface area contributed by atoms with Crippen LogP contribution in [0.3, 0.4) is 0 Å². The molecular formula is C9H13F3O3. The van der Waals surface area contributed by atoms with Gasteiger partial charge in [0, 0.05) is 0 Å². The van der Waals surface area contributed by atoms with Gasteiger partial charge in [-0.1, -0.05) is 13.3 Å². The zero-order valence-corrected chi connectivity index (χ0v) is 8.56. The summed E-state index contributed by atoms with van der Waals surface area (Å²) in [5.74, 6) is -4.83. The monoisotopic (exact) mass is 226 g/mol. The average Bonchev–Trinajstić information content (AvgIpc) is 2.12. The Kier molecular flexibility index (Phi) is 5.32. The van der Waals surface area contributed by atoms with Gasteiger partial charge in [-0.3, -0.25) is 9.59 Å². The number of ether oxygens (including phenoxy) is 1. The van der Waals surface area contributed by atoms with Gasteiger partial charge >= 0.3 is 12.1 Å². The average molecular weight is 226 g/mol. The third kappa shape index (κ3) is 4.31. The van der Waals surface area contributed by atoms with Crippen molar-refractivity contribution in [3.05, 3.63) is 0 Å². The van der Waals surface area contributed by atoms with Crippen LogP contribution in [0.1, 0.15) is 26.7 Å². The highest BCUT2D eigenvalue weighted by molar-refractivity contribution is 6.01. The summed E-state index contributed by atoms with van der Waals surface area (Å²) in [4.78, 5) is 21.9. The van der Waals surface area contributed by atoms with Gasteiger partial charge in [0.25, 0.3) is 0 Å². The van der Waals surface area contributed by atoms with Crippen LogP contribution < -0.4 is 0 Å². The summed E-state index contributed by atoms with van der Waals surface area (Å²) in [5, 5.41) is 0. The largest absolute Gasteiger partial charge is 0.465 e. The number of carbonyl (C=O) groups excluding carboxylic acids is 2. The van der Waals surface area contributed by atoms with E-state index in [1.807, 2.05) is 0 Å². The maximum Gasteiger partial charge on any atom is 0.450 e. The summed E-state index contributed by atoms with van der Waals surface area (Å²) < 4.78 is 40.6. The zero-order valence-electron chi connectivity index (χ0n) is 8.56. The fourth-order valence-corrected chi connectivity index (χ4v) is 1.09. The minimum absolute atomic E-state index is 0.0375. The van der Waals surface area contributed by atoms with E-state index in [4.69, 9.17) is 0 Å². The van der Waals surface area contributed by atoms with Crippen LogP contribution in [0.15, 0.2) is 0 Å². The molecule has 0 heterocycles. The zero-order chi connectivity index (χ0) is 12.1. The fraction of sp³-hybridized carbons (Fsp3) is 0.778. The summed E-state index contributed by atoms with van der Waals surface area (Å²) in [6, 6.07) is 0. The van der Waals surface area contributed by atoms with E-state index in [-0.39, 0.29) is 13.0 Å². The summed E-state index contributed by atoms with van der Waals surface area (Å²) in [7, 11) is 0. The first kappa shape index (κ1) is 13.9. The molecule has 0 bridgehead atoms. The van der Waals surface area contributed by atoms with Crippen LogP contribution >= 0.6 is 0 Å². The van der Waals surface area contributed by atoms with E-state index >= 15 is 0 Å². The molecule has 0 rings (SSSR count). The summed E-state index contributed by atoms with van der Waals surface area (Å²) in [5.41, 5.74) is 0. The Bertz CT molecular complexity index is 235. The van der Waals surface area contributed by atoms with Crippen LogP contribution in [0.4, 0.5) is 13.2 Å². The molecule has 0 aliphatic rings. The van der Waals surface area contributed by atoms with Crippen molar-refractivity contribution < 1.29 is 27.5 Å². The normalized spacial score (nSPS) is 13.4. The number of alkyl halides is 3. The molecule has 6 heteroatoms. The number of esters is 1. The highest BCUT2D eigenvalue weighted by Crippen LogP contribution is 2.24. The van der Waals surface area contributed by atoms with Gasteiger partial charge < -0.3 is 4.74 Å². The molecule has 88 valence electrons. The Morgan fingerprint density at radius 3 is 2.13 bits per heavy atom. The van der Waals surface area contributed by atoms with Crippen molar-refractivity contribution in [1.29, 1.82) is 0 Å². The van der Waals surface area contributed by atoms with E-state index < -0.39 is 23.8 Å².